The molecule has 0 saturated heterocycles. The Kier molecular flexibility index (Phi) is 6.86. The zero-order chi connectivity index (χ0) is 22.6. The molecule has 0 radical (unpaired) electrons. The average Bonchev–Trinajstić information content (AvgIpc) is 2.74. The summed E-state index contributed by atoms with van der Waals surface area (Å²) in [4.78, 5) is 12.6. The van der Waals surface area contributed by atoms with Crippen LogP contribution in [0.1, 0.15) is 42.3 Å². The van der Waals surface area contributed by atoms with E-state index in [1.807, 2.05) is 24.3 Å². The SMILES string of the molecule is COc1ccc(C(=O)Nc2ccc(F)c(Cl)c2)cc1COc1ccc(C(C)(C)C)cc1. The lowest BCUT2D eigenvalue weighted by atomic mass is 9.87. The van der Waals surface area contributed by atoms with Crippen LogP contribution in [0, 0.1) is 5.82 Å². The minimum absolute atomic E-state index is 0.0564. The molecule has 1 amide bonds. The van der Waals surface area contributed by atoms with E-state index in [1.54, 1.807) is 25.3 Å². The molecular weight excluding hydrogens is 417 g/mol. The molecule has 0 aliphatic rings. The predicted molar refractivity (Wildman–Crippen MR) is 122 cm³/mol. The summed E-state index contributed by atoms with van der Waals surface area (Å²) in [6.07, 6.45) is 0. The Hall–Kier alpha value is -3.05. The summed E-state index contributed by atoms with van der Waals surface area (Å²) < 4.78 is 24.6. The highest BCUT2D eigenvalue weighted by Crippen LogP contribution is 2.27. The van der Waals surface area contributed by atoms with Gasteiger partial charge in [0, 0.05) is 16.8 Å². The molecule has 0 unspecified atom stereocenters. The maximum Gasteiger partial charge on any atom is 0.255 e. The second-order valence-corrected chi connectivity index (χ2v) is 8.58. The molecule has 3 aromatic carbocycles. The number of benzene rings is 3. The molecule has 162 valence electrons. The van der Waals surface area contributed by atoms with E-state index < -0.39 is 5.82 Å². The maximum absolute atomic E-state index is 13.3. The van der Waals surface area contributed by atoms with Gasteiger partial charge in [0.2, 0.25) is 0 Å². The lowest BCUT2D eigenvalue weighted by Gasteiger charge is -2.19. The average molecular weight is 442 g/mol. The smallest absolute Gasteiger partial charge is 0.255 e. The van der Waals surface area contributed by atoms with E-state index in [4.69, 9.17) is 21.1 Å². The third-order valence-corrected chi connectivity index (χ3v) is 5.12. The molecule has 31 heavy (non-hydrogen) atoms. The molecule has 4 nitrogen and oxygen atoms in total. The van der Waals surface area contributed by atoms with Crippen LogP contribution >= 0.6 is 11.6 Å². The largest absolute Gasteiger partial charge is 0.496 e. The summed E-state index contributed by atoms with van der Waals surface area (Å²) in [5, 5.41) is 2.66. The molecule has 0 spiro atoms. The van der Waals surface area contributed by atoms with E-state index in [9.17, 15) is 9.18 Å². The number of carbonyl (C=O) groups is 1. The number of ether oxygens (including phenoxy) is 2. The summed E-state index contributed by atoms with van der Waals surface area (Å²) in [5.74, 6) is 0.457. The van der Waals surface area contributed by atoms with Crippen molar-refractivity contribution in [3.05, 3.63) is 88.2 Å². The van der Waals surface area contributed by atoms with Crippen LogP contribution < -0.4 is 14.8 Å². The Morgan fingerprint density at radius 3 is 2.35 bits per heavy atom. The Morgan fingerprint density at radius 1 is 1.03 bits per heavy atom. The number of methoxy groups -OCH3 is 1. The molecule has 1 N–H and O–H groups in total. The minimum Gasteiger partial charge on any atom is -0.496 e. The van der Waals surface area contributed by atoms with Crippen molar-refractivity contribution in [2.45, 2.75) is 32.8 Å². The molecule has 0 heterocycles. The number of hydrogen-bond donors (Lipinski definition) is 1. The Morgan fingerprint density at radius 2 is 1.74 bits per heavy atom. The molecule has 0 atom stereocenters. The van der Waals surface area contributed by atoms with E-state index in [0.717, 1.165) is 11.3 Å². The second kappa shape index (κ2) is 9.40. The highest BCUT2D eigenvalue weighted by Gasteiger charge is 2.14. The Bertz CT molecular complexity index is 1080. The van der Waals surface area contributed by atoms with Crippen molar-refractivity contribution >= 4 is 23.2 Å². The summed E-state index contributed by atoms with van der Waals surface area (Å²) in [6, 6.07) is 17.1. The first-order valence-electron chi connectivity index (χ1n) is 9.84. The zero-order valence-electron chi connectivity index (χ0n) is 18.0. The van der Waals surface area contributed by atoms with Crippen molar-refractivity contribution in [3.8, 4) is 11.5 Å². The number of rotatable bonds is 6. The number of amides is 1. The lowest BCUT2D eigenvalue weighted by molar-refractivity contribution is 0.102. The van der Waals surface area contributed by atoms with Crippen molar-refractivity contribution in [2.75, 3.05) is 12.4 Å². The molecule has 0 aliphatic heterocycles. The number of hydrogen-bond acceptors (Lipinski definition) is 3. The summed E-state index contributed by atoms with van der Waals surface area (Å²) in [6.45, 7) is 6.71. The van der Waals surface area contributed by atoms with Gasteiger partial charge < -0.3 is 14.8 Å². The quantitative estimate of drug-likeness (QED) is 0.467. The lowest BCUT2D eigenvalue weighted by Crippen LogP contribution is -2.13. The van der Waals surface area contributed by atoms with Crippen LogP contribution in [0.15, 0.2) is 60.7 Å². The van der Waals surface area contributed by atoms with Gasteiger partial charge in [-0.05, 0) is 59.5 Å². The van der Waals surface area contributed by atoms with E-state index in [-0.39, 0.29) is 23.0 Å². The highest BCUT2D eigenvalue weighted by molar-refractivity contribution is 6.31. The molecule has 6 heteroatoms. The Labute approximate surface area is 187 Å². The molecule has 3 aromatic rings. The third kappa shape index (κ3) is 5.76. The van der Waals surface area contributed by atoms with Crippen LogP contribution in [-0.4, -0.2) is 13.0 Å². The standard InChI is InChI=1S/C25H25ClFNO3/c1-25(2,3)18-6-9-20(10-7-18)31-15-17-13-16(5-12-23(17)30-4)24(29)28-19-8-11-22(27)21(26)14-19/h5-14H,15H2,1-4H3,(H,28,29). The number of anilines is 1. The maximum atomic E-state index is 13.3. The van der Waals surface area contributed by atoms with Crippen molar-refractivity contribution in [2.24, 2.45) is 0 Å². The van der Waals surface area contributed by atoms with Crippen LogP contribution in [0.25, 0.3) is 0 Å². The van der Waals surface area contributed by atoms with Gasteiger partial charge in [0.05, 0.1) is 12.1 Å². The van der Waals surface area contributed by atoms with Crippen molar-refractivity contribution < 1.29 is 18.7 Å². The van der Waals surface area contributed by atoms with Gasteiger partial charge in [0.25, 0.3) is 5.91 Å². The number of halogens is 2. The van der Waals surface area contributed by atoms with E-state index in [1.165, 1.54) is 23.8 Å². The first-order chi connectivity index (χ1) is 14.7. The first kappa shape index (κ1) is 22.6. The number of carbonyl (C=O) groups excluding carboxylic acids is 1. The van der Waals surface area contributed by atoms with Crippen LogP contribution in [0.5, 0.6) is 11.5 Å². The molecule has 0 aliphatic carbocycles. The van der Waals surface area contributed by atoms with Crippen molar-refractivity contribution in [3.63, 3.8) is 0 Å². The molecule has 0 saturated carbocycles. The fourth-order valence-corrected chi connectivity index (χ4v) is 3.20. The van der Waals surface area contributed by atoms with Gasteiger partial charge in [-0.2, -0.15) is 0 Å². The first-order valence-corrected chi connectivity index (χ1v) is 10.2. The predicted octanol–water partition coefficient (Wildman–Crippen LogP) is 6.62. The van der Waals surface area contributed by atoms with Crippen LogP contribution in [0.2, 0.25) is 5.02 Å². The van der Waals surface area contributed by atoms with Gasteiger partial charge in [-0.3, -0.25) is 4.79 Å². The molecule has 0 aromatic heterocycles. The fraction of sp³-hybridized carbons (Fsp3) is 0.240. The number of nitrogens with one attached hydrogen (secondary N) is 1. The topological polar surface area (TPSA) is 47.6 Å². The van der Waals surface area contributed by atoms with E-state index >= 15 is 0 Å². The zero-order valence-corrected chi connectivity index (χ0v) is 18.7. The fourth-order valence-electron chi connectivity index (χ4n) is 3.02. The molecular formula is C25H25ClFNO3. The van der Waals surface area contributed by atoms with Crippen LogP contribution in [0.4, 0.5) is 10.1 Å². The third-order valence-electron chi connectivity index (χ3n) is 4.83. The normalized spacial score (nSPS) is 11.2. The van der Waals surface area contributed by atoms with E-state index in [0.29, 0.717) is 17.0 Å². The summed E-state index contributed by atoms with van der Waals surface area (Å²) in [5.41, 5.74) is 2.84. The van der Waals surface area contributed by atoms with Crippen LogP contribution in [0.3, 0.4) is 0 Å². The minimum atomic E-state index is -0.543. The molecule has 0 bridgehead atoms. The van der Waals surface area contributed by atoms with Crippen molar-refractivity contribution in [1.29, 1.82) is 0 Å². The van der Waals surface area contributed by atoms with Gasteiger partial charge in [0.15, 0.2) is 0 Å². The molecule has 0 fully saturated rings. The summed E-state index contributed by atoms with van der Waals surface area (Å²) in [7, 11) is 1.57. The highest BCUT2D eigenvalue weighted by atomic mass is 35.5. The Balaban J connectivity index is 1.74. The second-order valence-electron chi connectivity index (χ2n) is 8.17. The van der Waals surface area contributed by atoms with E-state index in [2.05, 4.69) is 26.1 Å². The molecule has 3 rings (SSSR count). The monoisotopic (exact) mass is 441 g/mol. The van der Waals surface area contributed by atoms with Gasteiger partial charge >= 0.3 is 0 Å². The van der Waals surface area contributed by atoms with Gasteiger partial charge in [-0.15, -0.1) is 0 Å². The van der Waals surface area contributed by atoms with Gasteiger partial charge in [0.1, 0.15) is 23.9 Å². The van der Waals surface area contributed by atoms with Crippen LogP contribution in [-0.2, 0) is 12.0 Å². The van der Waals surface area contributed by atoms with Crippen molar-refractivity contribution in [1.82, 2.24) is 0 Å². The van der Waals surface area contributed by atoms with Gasteiger partial charge in [-0.1, -0.05) is 44.5 Å². The van der Waals surface area contributed by atoms with Gasteiger partial charge in [-0.25, -0.2) is 4.39 Å². The summed E-state index contributed by atoms with van der Waals surface area (Å²) >= 11 is 5.78.